The first-order valence-electron chi connectivity index (χ1n) is 10.3. The Morgan fingerprint density at radius 2 is 1.61 bits per heavy atom. The molecular weight excluding hydrogens is 416 g/mol. The highest BCUT2D eigenvalue weighted by Crippen LogP contribution is 2.38. The molecule has 0 fully saturated rings. The summed E-state index contributed by atoms with van der Waals surface area (Å²) in [7, 11) is 3.31. The number of aromatic nitrogens is 1. The second-order valence-corrected chi connectivity index (χ2v) is 7.03. The molecule has 6 nitrogen and oxygen atoms in total. The molecular formula is C24H28ClN2O4-. The van der Waals surface area contributed by atoms with Crippen molar-refractivity contribution in [1.82, 2.24) is 9.88 Å². The molecule has 0 saturated heterocycles. The van der Waals surface area contributed by atoms with Crippen LogP contribution in [0.25, 0.3) is 5.69 Å². The number of hydrogen-bond acceptors (Lipinski definition) is 5. The van der Waals surface area contributed by atoms with Crippen LogP contribution < -0.4 is 36.7 Å². The Labute approximate surface area is 189 Å². The molecule has 31 heavy (non-hydrogen) atoms. The first-order valence-corrected chi connectivity index (χ1v) is 10.3. The lowest BCUT2D eigenvalue weighted by molar-refractivity contribution is -0.00000759. The molecule has 0 bridgehead atoms. The number of nitrogens with zero attached hydrogens (tertiary/aromatic N) is 1. The average Bonchev–Trinajstić information content (AvgIpc) is 3.19. The average molecular weight is 444 g/mol. The maximum absolute atomic E-state index is 5.87. The normalized spacial score (nSPS) is 14.5. The van der Waals surface area contributed by atoms with Gasteiger partial charge in [0.05, 0.1) is 39.2 Å². The van der Waals surface area contributed by atoms with Crippen molar-refractivity contribution < 1.29 is 31.4 Å². The zero-order valence-corrected chi connectivity index (χ0v) is 19.0. The summed E-state index contributed by atoms with van der Waals surface area (Å²) in [5.41, 5.74) is 4.50. The fourth-order valence-electron chi connectivity index (χ4n) is 3.98. The molecule has 0 saturated carbocycles. The molecule has 1 aliphatic heterocycles. The summed E-state index contributed by atoms with van der Waals surface area (Å²) < 4.78 is 24.8. The van der Waals surface area contributed by atoms with Crippen molar-refractivity contribution in [3.63, 3.8) is 0 Å². The Bertz CT molecular complexity index is 1030. The molecule has 3 aromatic rings. The van der Waals surface area contributed by atoms with Gasteiger partial charge < -0.3 is 41.2 Å². The Balaban J connectivity index is 0.00000272. The summed E-state index contributed by atoms with van der Waals surface area (Å²) in [6.45, 7) is 5.84. The number of halogens is 1. The van der Waals surface area contributed by atoms with Crippen LogP contribution in [0.3, 0.4) is 0 Å². The van der Waals surface area contributed by atoms with Gasteiger partial charge in [-0.1, -0.05) is 6.07 Å². The Kier molecular flexibility index (Phi) is 7.36. The lowest BCUT2D eigenvalue weighted by Crippen LogP contribution is -3.00. The summed E-state index contributed by atoms with van der Waals surface area (Å²) in [5.74, 6) is 2.98. The molecule has 1 aromatic heterocycles. The number of rotatable bonds is 7. The van der Waals surface area contributed by atoms with E-state index in [1.54, 1.807) is 14.2 Å². The van der Waals surface area contributed by atoms with Crippen LogP contribution in [0.4, 0.5) is 0 Å². The fourth-order valence-corrected chi connectivity index (χ4v) is 3.98. The highest BCUT2D eigenvalue weighted by Gasteiger charge is 2.25. The molecule has 0 amide bonds. The van der Waals surface area contributed by atoms with Crippen LogP contribution in [-0.2, 0) is 6.54 Å². The molecule has 1 N–H and O–H groups in total. The molecule has 1 unspecified atom stereocenters. The van der Waals surface area contributed by atoms with Crippen LogP contribution in [0.15, 0.2) is 48.7 Å². The first kappa shape index (κ1) is 22.8. The van der Waals surface area contributed by atoms with E-state index in [-0.39, 0.29) is 18.4 Å². The number of methoxy groups -OCH3 is 2. The van der Waals surface area contributed by atoms with E-state index in [1.165, 1.54) is 0 Å². The first-order chi connectivity index (χ1) is 14.7. The van der Waals surface area contributed by atoms with Gasteiger partial charge in [-0.05, 0) is 55.3 Å². The second-order valence-electron chi connectivity index (χ2n) is 7.03. The van der Waals surface area contributed by atoms with Gasteiger partial charge in [-0.3, -0.25) is 0 Å². The van der Waals surface area contributed by atoms with E-state index in [9.17, 15) is 0 Å². The van der Waals surface area contributed by atoms with Gasteiger partial charge in [0.1, 0.15) is 0 Å². The van der Waals surface area contributed by atoms with Crippen molar-refractivity contribution in [1.29, 1.82) is 0 Å². The monoisotopic (exact) mass is 443 g/mol. The molecule has 1 atom stereocenters. The van der Waals surface area contributed by atoms with Crippen LogP contribution in [-0.4, -0.2) is 32.0 Å². The standard InChI is InChI=1S/C24H28N2O4.ClH/c1-5-29-22-13-17-15-25-24(16-9-10-20(27-3)21(12-16)28-4)18-8-7-11-26(18)19(17)14-23(22)30-6-2;/h7-14,24-25H,5-6,15H2,1-4H3;1H/p-1. The van der Waals surface area contributed by atoms with E-state index in [2.05, 4.69) is 46.4 Å². The second kappa shape index (κ2) is 9.98. The van der Waals surface area contributed by atoms with Gasteiger partial charge >= 0.3 is 0 Å². The highest BCUT2D eigenvalue weighted by molar-refractivity contribution is 5.57. The van der Waals surface area contributed by atoms with Gasteiger partial charge in [-0.2, -0.15) is 0 Å². The van der Waals surface area contributed by atoms with Crippen LogP contribution in [0.1, 0.15) is 36.7 Å². The van der Waals surface area contributed by atoms with Crippen molar-refractivity contribution in [2.45, 2.75) is 26.4 Å². The summed E-state index contributed by atoms with van der Waals surface area (Å²) >= 11 is 0. The molecule has 4 rings (SSSR count). The number of ether oxygens (including phenoxy) is 4. The Hall–Kier alpha value is -2.83. The minimum Gasteiger partial charge on any atom is -1.00 e. The maximum Gasteiger partial charge on any atom is 0.163 e. The molecule has 2 aromatic carbocycles. The summed E-state index contributed by atoms with van der Waals surface area (Å²) in [6, 6.07) is 14.4. The minimum absolute atomic E-state index is 0. The van der Waals surface area contributed by atoms with Crippen molar-refractivity contribution in [2.75, 3.05) is 27.4 Å². The maximum atomic E-state index is 5.87. The van der Waals surface area contributed by atoms with Crippen molar-refractivity contribution in [3.05, 3.63) is 65.5 Å². The van der Waals surface area contributed by atoms with Crippen LogP contribution in [0.2, 0.25) is 0 Å². The lowest BCUT2D eigenvalue weighted by atomic mass is 10.0. The molecule has 0 aliphatic carbocycles. The predicted molar refractivity (Wildman–Crippen MR) is 116 cm³/mol. The topological polar surface area (TPSA) is 53.9 Å². The molecule has 0 spiro atoms. The van der Waals surface area contributed by atoms with E-state index >= 15 is 0 Å². The lowest BCUT2D eigenvalue weighted by Gasteiger charge is -2.19. The van der Waals surface area contributed by atoms with E-state index in [0.717, 1.165) is 39.8 Å². The van der Waals surface area contributed by atoms with Crippen LogP contribution in [0, 0.1) is 0 Å². The largest absolute Gasteiger partial charge is 1.00 e. The zero-order valence-electron chi connectivity index (χ0n) is 18.3. The van der Waals surface area contributed by atoms with Gasteiger partial charge in [-0.25, -0.2) is 0 Å². The zero-order chi connectivity index (χ0) is 21.1. The highest BCUT2D eigenvalue weighted by atomic mass is 35.5. The van der Waals surface area contributed by atoms with Gasteiger partial charge in [0.25, 0.3) is 0 Å². The minimum atomic E-state index is -0.00158. The van der Waals surface area contributed by atoms with E-state index in [4.69, 9.17) is 18.9 Å². The van der Waals surface area contributed by atoms with Crippen molar-refractivity contribution in [3.8, 4) is 28.7 Å². The number of benzene rings is 2. The number of hydrogen-bond donors (Lipinski definition) is 1. The third kappa shape index (κ3) is 4.31. The summed E-state index contributed by atoms with van der Waals surface area (Å²) in [6.07, 6.45) is 2.09. The SMILES string of the molecule is CCOc1cc2c(cc1OCC)-n1cccc1C(c1ccc(OC)c(OC)c1)NC2.[Cl-]. The third-order valence-electron chi connectivity index (χ3n) is 5.32. The van der Waals surface area contributed by atoms with Crippen LogP contribution in [0.5, 0.6) is 23.0 Å². The summed E-state index contributed by atoms with van der Waals surface area (Å²) in [4.78, 5) is 0. The third-order valence-corrected chi connectivity index (χ3v) is 5.32. The smallest absolute Gasteiger partial charge is 0.163 e. The van der Waals surface area contributed by atoms with Crippen LogP contribution >= 0.6 is 0 Å². The molecule has 1 aliphatic rings. The van der Waals surface area contributed by atoms with Gasteiger partial charge in [0, 0.05) is 24.5 Å². The van der Waals surface area contributed by atoms with Gasteiger partial charge in [-0.15, -0.1) is 0 Å². The Morgan fingerprint density at radius 3 is 2.29 bits per heavy atom. The van der Waals surface area contributed by atoms with Gasteiger partial charge in [0.15, 0.2) is 23.0 Å². The predicted octanol–water partition coefficient (Wildman–Crippen LogP) is 1.49. The van der Waals surface area contributed by atoms with E-state index in [1.807, 2.05) is 26.0 Å². The molecule has 7 heteroatoms. The van der Waals surface area contributed by atoms with E-state index in [0.29, 0.717) is 25.5 Å². The Morgan fingerprint density at radius 1 is 0.903 bits per heavy atom. The molecule has 2 heterocycles. The number of nitrogens with one attached hydrogen (secondary N) is 1. The molecule has 0 radical (unpaired) electrons. The number of fused-ring (bicyclic) bond motifs is 3. The fraction of sp³-hybridized carbons (Fsp3) is 0.333. The van der Waals surface area contributed by atoms with Crippen molar-refractivity contribution >= 4 is 0 Å². The van der Waals surface area contributed by atoms with Gasteiger partial charge in [0.2, 0.25) is 0 Å². The summed E-state index contributed by atoms with van der Waals surface area (Å²) in [5, 5.41) is 3.69. The molecule has 166 valence electrons. The quantitative estimate of drug-likeness (QED) is 0.599. The van der Waals surface area contributed by atoms with Crippen molar-refractivity contribution in [2.24, 2.45) is 0 Å². The van der Waals surface area contributed by atoms with E-state index < -0.39 is 0 Å².